The van der Waals surface area contributed by atoms with E-state index in [0.717, 1.165) is 28.7 Å². The number of phenols is 1. The third-order valence-corrected chi connectivity index (χ3v) is 5.41. The fourth-order valence-electron chi connectivity index (χ4n) is 3.91. The molecule has 3 aromatic carbocycles. The minimum absolute atomic E-state index is 0.153. The van der Waals surface area contributed by atoms with Crippen molar-refractivity contribution in [3.05, 3.63) is 94.6 Å². The lowest BCUT2D eigenvalue weighted by molar-refractivity contribution is -0.132. The normalized spacial score (nSPS) is 17.5. The number of aliphatic hydroxyl groups excluding tert-OH is 1. The molecular weight excluding hydrogens is 432 g/mol. The Morgan fingerprint density at radius 2 is 1.79 bits per heavy atom. The van der Waals surface area contributed by atoms with Gasteiger partial charge in [-0.15, -0.1) is 0 Å². The number of anilines is 1. The number of hydrogen-bond acceptors (Lipinski definition) is 5. The van der Waals surface area contributed by atoms with Crippen molar-refractivity contribution in [2.24, 2.45) is 0 Å². The molecule has 1 heterocycles. The van der Waals surface area contributed by atoms with Gasteiger partial charge in [0.05, 0.1) is 30.0 Å². The van der Waals surface area contributed by atoms with Crippen LogP contribution in [0.4, 0.5) is 14.5 Å². The van der Waals surface area contributed by atoms with E-state index in [1.807, 2.05) is 0 Å². The minimum atomic E-state index is -1.33. The van der Waals surface area contributed by atoms with Crippen LogP contribution in [0.15, 0.2) is 66.2 Å². The number of ether oxygens (including phenoxy) is 1. The third kappa shape index (κ3) is 3.80. The van der Waals surface area contributed by atoms with Gasteiger partial charge in [-0.05, 0) is 48.9 Å². The first-order chi connectivity index (χ1) is 15.7. The van der Waals surface area contributed by atoms with Crippen molar-refractivity contribution in [1.29, 1.82) is 0 Å². The zero-order chi connectivity index (χ0) is 23.9. The van der Waals surface area contributed by atoms with E-state index in [-0.39, 0.29) is 28.2 Å². The summed E-state index contributed by atoms with van der Waals surface area (Å²) < 4.78 is 34.0. The number of aliphatic hydroxyl groups is 1. The summed E-state index contributed by atoms with van der Waals surface area (Å²) in [5.41, 5.74) is 0.293. The molecule has 0 radical (unpaired) electrons. The van der Waals surface area contributed by atoms with Crippen LogP contribution in [-0.2, 0) is 9.59 Å². The van der Waals surface area contributed by atoms with E-state index in [1.165, 1.54) is 31.4 Å². The highest BCUT2D eigenvalue weighted by Gasteiger charge is 2.48. The Balaban J connectivity index is 2.03. The number of aromatic hydroxyl groups is 1. The molecule has 1 aliphatic heterocycles. The largest absolute Gasteiger partial charge is 0.508 e. The first kappa shape index (κ1) is 22.0. The Morgan fingerprint density at radius 1 is 1.03 bits per heavy atom. The Kier molecular flexibility index (Phi) is 5.59. The number of Topliss-reactive ketones (excluding diaryl/α,β-unsaturated/α-hetero) is 1. The van der Waals surface area contributed by atoms with Crippen molar-refractivity contribution < 1.29 is 33.3 Å². The lowest BCUT2D eigenvalue weighted by atomic mass is 9.94. The summed E-state index contributed by atoms with van der Waals surface area (Å²) in [7, 11) is 1.38. The molecule has 0 saturated carbocycles. The number of benzene rings is 3. The van der Waals surface area contributed by atoms with Crippen LogP contribution in [0.25, 0.3) is 5.76 Å². The van der Waals surface area contributed by atoms with Crippen LogP contribution < -0.4 is 9.64 Å². The molecule has 8 heteroatoms. The molecule has 0 aromatic heterocycles. The van der Waals surface area contributed by atoms with Crippen molar-refractivity contribution >= 4 is 23.1 Å². The fraction of sp³-hybridized carbons (Fsp3) is 0.120. The van der Waals surface area contributed by atoms with Crippen LogP contribution in [0.2, 0.25) is 0 Å². The van der Waals surface area contributed by atoms with E-state index >= 15 is 0 Å². The number of carbonyl (C=O) groups is 2. The van der Waals surface area contributed by atoms with E-state index in [2.05, 4.69) is 0 Å². The highest BCUT2D eigenvalue weighted by molar-refractivity contribution is 6.51. The van der Waals surface area contributed by atoms with Gasteiger partial charge in [0, 0.05) is 6.07 Å². The first-order valence-electron chi connectivity index (χ1n) is 9.93. The van der Waals surface area contributed by atoms with Gasteiger partial charge in [-0.2, -0.15) is 0 Å². The molecule has 1 atom stereocenters. The number of methoxy groups -OCH3 is 1. The van der Waals surface area contributed by atoms with Crippen LogP contribution in [0.3, 0.4) is 0 Å². The van der Waals surface area contributed by atoms with Crippen LogP contribution in [0, 0.1) is 18.6 Å². The van der Waals surface area contributed by atoms with Gasteiger partial charge in [-0.25, -0.2) is 8.78 Å². The molecule has 168 valence electrons. The monoisotopic (exact) mass is 451 g/mol. The minimum Gasteiger partial charge on any atom is -0.508 e. The quantitative estimate of drug-likeness (QED) is 0.344. The third-order valence-electron chi connectivity index (χ3n) is 5.41. The molecule has 1 unspecified atom stereocenters. The fourth-order valence-corrected chi connectivity index (χ4v) is 3.91. The van der Waals surface area contributed by atoms with Gasteiger partial charge in [0.2, 0.25) is 0 Å². The van der Waals surface area contributed by atoms with Crippen molar-refractivity contribution in [1.82, 2.24) is 0 Å². The van der Waals surface area contributed by atoms with Gasteiger partial charge in [0.15, 0.2) is 0 Å². The highest BCUT2D eigenvalue weighted by atomic mass is 19.1. The summed E-state index contributed by atoms with van der Waals surface area (Å²) >= 11 is 0. The average Bonchev–Trinajstić information content (AvgIpc) is 3.05. The molecule has 4 rings (SSSR count). The molecule has 1 fully saturated rings. The summed E-state index contributed by atoms with van der Waals surface area (Å²) in [5.74, 6) is -4.46. The zero-order valence-corrected chi connectivity index (χ0v) is 17.7. The van der Waals surface area contributed by atoms with Crippen LogP contribution in [0.1, 0.15) is 22.7 Å². The molecule has 3 aromatic rings. The van der Waals surface area contributed by atoms with E-state index in [4.69, 9.17) is 4.74 Å². The lowest BCUT2D eigenvalue weighted by Crippen LogP contribution is -2.30. The lowest BCUT2D eigenvalue weighted by Gasteiger charge is -2.26. The molecule has 0 aliphatic carbocycles. The molecule has 1 aliphatic rings. The number of nitrogens with zero attached hydrogens (tertiary/aromatic N) is 1. The summed E-state index contributed by atoms with van der Waals surface area (Å²) in [6.07, 6.45) is 0. The Bertz CT molecular complexity index is 1320. The van der Waals surface area contributed by atoms with Gasteiger partial charge in [-0.1, -0.05) is 23.8 Å². The standard InChI is InChI=1S/C25H19F2NO5/c1-13-6-9-20(33-2)17(10-13)23(30)21-22(14-4-3-5-16(29)11-14)28(25(32)24(21)31)19-12-15(26)7-8-18(19)27/h3-12,22,29-30H,1-2H3/b23-21+. The van der Waals surface area contributed by atoms with Gasteiger partial charge in [0.1, 0.15) is 28.9 Å². The maximum atomic E-state index is 14.7. The van der Waals surface area contributed by atoms with Gasteiger partial charge in [0.25, 0.3) is 11.7 Å². The molecule has 1 amide bonds. The first-order valence-corrected chi connectivity index (χ1v) is 9.93. The van der Waals surface area contributed by atoms with Gasteiger partial charge < -0.3 is 14.9 Å². The number of amides is 1. The van der Waals surface area contributed by atoms with Gasteiger partial charge in [-0.3, -0.25) is 14.5 Å². The topological polar surface area (TPSA) is 87.1 Å². The van der Waals surface area contributed by atoms with E-state index in [0.29, 0.717) is 0 Å². The predicted molar refractivity (Wildman–Crippen MR) is 117 cm³/mol. The Morgan fingerprint density at radius 3 is 2.48 bits per heavy atom. The van der Waals surface area contributed by atoms with E-state index in [9.17, 15) is 28.6 Å². The number of aryl methyl sites for hydroxylation is 1. The van der Waals surface area contributed by atoms with Crippen LogP contribution in [0.5, 0.6) is 11.5 Å². The van der Waals surface area contributed by atoms with Crippen LogP contribution >= 0.6 is 0 Å². The van der Waals surface area contributed by atoms with Crippen LogP contribution in [-0.4, -0.2) is 29.0 Å². The Hall–Kier alpha value is -4.20. The number of rotatable bonds is 4. The van der Waals surface area contributed by atoms with Crippen molar-refractivity contribution in [3.8, 4) is 11.5 Å². The second-order valence-electron chi connectivity index (χ2n) is 7.56. The average molecular weight is 451 g/mol. The summed E-state index contributed by atoms with van der Waals surface area (Å²) in [6, 6.07) is 11.7. The van der Waals surface area contributed by atoms with Crippen molar-refractivity contribution in [2.45, 2.75) is 13.0 Å². The Labute approximate surface area is 188 Å². The van der Waals surface area contributed by atoms with E-state index in [1.54, 1.807) is 25.1 Å². The predicted octanol–water partition coefficient (Wildman–Crippen LogP) is 4.61. The summed E-state index contributed by atoms with van der Waals surface area (Å²) in [5, 5.41) is 21.2. The molecular formula is C25H19F2NO5. The number of ketones is 1. The molecule has 33 heavy (non-hydrogen) atoms. The summed E-state index contributed by atoms with van der Waals surface area (Å²) in [4.78, 5) is 27.0. The van der Waals surface area contributed by atoms with Crippen molar-refractivity contribution in [3.63, 3.8) is 0 Å². The molecule has 6 nitrogen and oxygen atoms in total. The second kappa shape index (κ2) is 8.38. The molecule has 1 saturated heterocycles. The van der Waals surface area contributed by atoms with Crippen molar-refractivity contribution in [2.75, 3.05) is 12.0 Å². The second-order valence-corrected chi connectivity index (χ2v) is 7.56. The number of phenolic OH excluding ortho intramolecular Hbond substituents is 1. The van der Waals surface area contributed by atoms with E-state index < -0.39 is 40.8 Å². The molecule has 2 N–H and O–H groups in total. The maximum Gasteiger partial charge on any atom is 0.300 e. The number of carbonyl (C=O) groups excluding carboxylic acids is 2. The SMILES string of the molecule is COc1ccc(C)cc1/C(O)=C1\C(=O)C(=O)N(c2cc(F)ccc2F)C1c1cccc(O)c1. The smallest absolute Gasteiger partial charge is 0.300 e. The highest BCUT2D eigenvalue weighted by Crippen LogP contribution is 2.44. The number of hydrogen-bond donors (Lipinski definition) is 2. The zero-order valence-electron chi connectivity index (χ0n) is 17.7. The molecule has 0 bridgehead atoms. The summed E-state index contributed by atoms with van der Waals surface area (Å²) in [6.45, 7) is 1.77. The number of halogens is 2. The molecule has 0 spiro atoms. The maximum absolute atomic E-state index is 14.7. The van der Waals surface area contributed by atoms with Gasteiger partial charge >= 0.3 is 0 Å².